The molecule has 3 atom stereocenters. The summed E-state index contributed by atoms with van der Waals surface area (Å²) in [5, 5.41) is 1.02. The Kier molecular flexibility index (Phi) is 1.86. The van der Waals surface area contributed by atoms with E-state index in [1.807, 2.05) is 0 Å². The van der Waals surface area contributed by atoms with E-state index in [9.17, 15) is 0 Å². The third kappa shape index (κ3) is 1.19. The van der Waals surface area contributed by atoms with Gasteiger partial charge in [0.15, 0.2) is 0 Å². The molecule has 0 aliphatic carbocycles. The Balaban J connectivity index is 2.39. The maximum Gasteiger partial charge on any atom is 0.115 e. The molecule has 1 rings (SSSR count). The first-order chi connectivity index (χ1) is 3.70. The van der Waals surface area contributed by atoms with Crippen LogP contribution >= 0.6 is 0 Å². The predicted molar refractivity (Wildman–Crippen MR) is 41.4 cm³/mol. The summed E-state index contributed by atoms with van der Waals surface area (Å²) in [5.41, 5.74) is 0. The molecule has 0 saturated carbocycles. The molecule has 0 amide bonds. The molecule has 0 bridgehead atoms. The van der Waals surface area contributed by atoms with Gasteiger partial charge in [-0.3, -0.25) is 0 Å². The maximum absolute atomic E-state index is 2.40. The van der Waals surface area contributed by atoms with Gasteiger partial charge in [0, 0.05) is 12.3 Å². The molecule has 48 valence electrons. The van der Waals surface area contributed by atoms with Gasteiger partial charge in [0.25, 0.3) is 0 Å². The monoisotopic (exact) mass is 131 g/mol. The van der Waals surface area contributed by atoms with E-state index in [0.717, 1.165) is 22.1 Å². The minimum atomic E-state index is 0.752. The molecule has 0 aromatic heterocycles. The van der Waals surface area contributed by atoms with Gasteiger partial charge in [-0.1, -0.05) is 6.92 Å². The van der Waals surface area contributed by atoms with Crippen LogP contribution in [0.3, 0.4) is 0 Å². The van der Waals surface area contributed by atoms with Crippen molar-refractivity contribution >= 4 is 10.9 Å². The zero-order chi connectivity index (χ0) is 6.15. The van der Waals surface area contributed by atoms with Gasteiger partial charge in [-0.15, -0.1) is 0 Å². The van der Waals surface area contributed by atoms with Crippen molar-refractivity contribution in [2.75, 3.05) is 12.0 Å². The zero-order valence-electron chi connectivity index (χ0n) is 5.98. The van der Waals surface area contributed by atoms with Gasteiger partial charge >= 0.3 is 0 Å². The van der Waals surface area contributed by atoms with Crippen LogP contribution in [0.25, 0.3) is 0 Å². The Labute approximate surface area is 55.0 Å². The summed E-state index contributed by atoms with van der Waals surface area (Å²) >= 11 is 0. The first-order valence-corrected chi connectivity index (χ1v) is 5.18. The zero-order valence-corrected chi connectivity index (χ0v) is 6.79. The van der Waals surface area contributed by atoms with Crippen LogP contribution in [0.5, 0.6) is 0 Å². The number of rotatable bonds is 0. The Morgan fingerprint density at radius 1 is 1.38 bits per heavy atom. The summed E-state index contributed by atoms with van der Waals surface area (Å²) in [5.74, 6) is 2.50. The second-order valence-corrected chi connectivity index (χ2v) is 5.53. The van der Waals surface area contributed by atoms with Crippen LogP contribution in [0.1, 0.15) is 20.3 Å². The van der Waals surface area contributed by atoms with Gasteiger partial charge in [0.05, 0.1) is 6.26 Å². The van der Waals surface area contributed by atoms with E-state index in [2.05, 4.69) is 20.1 Å². The van der Waals surface area contributed by atoms with E-state index in [4.69, 9.17) is 0 Å². The molecular weight excluding hydrogens is 116 g/mol. The van der Waals surface area contributed by atoms with Crippen molar-refractivity contribution in [2.24, 2.45) is 5.92 Å². The average molecular weight is 131 g/mol. The minimum absolute atomic E-state index is 0.752. The lowest BCUT2D eigenvalue weighted by Gasteiger charge is -1.95. The topological polar surface area (TPSA) is 0 Å². The molecule has 1 heteroatoms. The third-order valence-corrected chi connectivity index (χ3v) is 4.63. The quantitative estimate of drug-likeness (QED) is 0.439. The smallest absolute Gasteiger partial charge is 0.0578 e. The predicted octanol–water partition coefficient (Wildman–Crippen LogP) is 1.66. The molecular formula is C7H15S+. The van der Waals surface area contributed by atoms with Gasteiger partial charge in [-0.2, -0.15) is 0 Å². The standard InChI is InChI=1S/C7H15S/c1-6-4-7(2)8(3)5-6/h6-7H,4-5H2,1-3H3/q+1/t6-,7-,8?/m0/s1. The van der Waals surface area contributed by atoms with Crippen molar-refractivity contribution in [3.63, 3.8) is 0 Å². The molecule has 0 aromatic carbocycles. The second kappa shape index (κ2) is 2.30. The minimum Gasteiger partial charge on any atom is -0.0578 e. The van der Waals surface area contributed by atoms with Crippen LogP contribution in [-0.2, 0) is 10.9 Å². The molecule has 0 spiro atoms. The van der Waals surface area contributed by atoms with Crippen LogP contribution in [0.4, 0.5) is 0 Å². The molecule has 0 radical (unpaired) electrons. The van der Waals surface area contributed by atoms with Crippen LogP contribution in [0, 0.1) is 5.92 Å². The van der Waals surface area contributed by atoms with E-state index >= 15 is 0 Å². The fraction of sp³-hybridized carbons (Fsp3) is 1.00. The van der Waals surface area contributed by atoms with Crippen molar-refractivity contribution in [3.8, 4) is 0 Å². The first-order valence-electron chi connectivity index (χ1n) is 3.31. The molecule has 1 fully saturated rings. The Bertz CT molecular complexity index is 70.5. The molecule has 1 heterocycles. The summed E-state index contributed by atoms with van der Waals surface area (Å²) < 4.78 is 0. The fourth-order valence-electron chi connectivity index (χ4n) is 1.41. The molecule has 8 heavy (non-hydrogen) atoms. The van der Waals surface area contributed by atoms with Crippen molar-refractivity contribution in [3.05, 3.63) is 0 Å². The van der Waals surface area contributed by atoms with E-state index < -0.39 is 0 Å². The van der Waals surface area contributed by atoms with E-state index in [1.165, 1.54) is 12.2 Å². The molecule has 0 aromatic rings. The van der Waals surface area contributed by atoms with E-state index in [0.29, 0.717) is 0 Å². The van der Waals surface area contributed by atoms with E-state index in [1.54, 1.807) is 0 Å². The number of hydrogen-bond donors (Lipinski definition) is 0. The molecule has 1 aliphatic heterocycles. The lowest BCUT2D eigenvalue weighted by Crippen LogP contribution is -2.09. The first kappa shape index (κ1) is 6.47. The third-order valence-electron chi connectivity index (χ3n) is 1.97. The van der Waals surface area contributed by atoms with Gasteiger partial charge in [0.2, 0.25) is 0 Å². The van der Waals surface area contributed by atoms with Crippen LogP contribution in [0.2, 0.25) is 0 Å². The highest BCUT2D eigenvalue weighted by molar-refractivity contribution is 7.97. The van der Waals surface area contributed by atoms with Gasteiger partial charge in [-0.25, -0.2) is 0 Å². The van der Waals surface area contributed by atoms with Crippen molar-refractivity contribution in [1.82, 2.24) is 0 Å². The second-order valence-electron chi connectivity index (χ2n) is 3.01. The van der Waals surface area contributed by atoms with Crippen molar-refractivity contribution in [2.45, 2.75) is 25.5 Å². The average Bonchev–Trinajstić information content (AvgIpc) is 1.85. The van der Waals surface area contributed by atoms with Gasteiger partial charge < -0.3 is 0 Å². The summed E-state index contributed by atoms with van der Waals surface area (Å²) in [6.45, 7) is 4.75. The summed E-state index contributed by atoms with van der Waals surface area (Å²) in [6.07, 6.45) is 3.87. The Morgan fingerprint density at radius 2 is 2.00 bits per heavy atom. The molecule has 1 unspecified atom stereocenters. The van der Waals surface area contributed by atoms with Crippen molar-refractivity contribution in [1.29, 1.82) is 0 Å². The SMILES string of the molecule is C[C@H]1C[C@H](C)[S+](C)C1. The lowest BCUT2D eigenvalue weighted by atomic mass is 10.1. The Morgan fingerprint density at radius 3 is 2.12 bits per heavy atom. The largest absolute Gasteiger partial charge is 0.115 e. The highest BCUT2D eigenvalue weighted by atomic mass is 32.2. The molecule has 1 aliphatic rings. The normalized spacial score (nSPS) is 47.6. The summed E-state index contributed by atoms with van der Waals surface area (Å²) in [7, 11) is 0.752. The number of hydrogen-bond acceptors (Lipinski definition) is 0. The lowest BCUT2D eigenvalue weighted by molar-refractivity contribution is 0.626. The highest BCUT2D eigenvalue weighted by Gasteiger charge is 2.32. The van der Waals surface area contributed by atoms with Gasteiger partial charge in [-0.05, 0) is 17.8 Å². The van der Waals surface area contributed by atoms with Crippen molar-refractivity contribution < 1.29 is 0 Å². The van der Waals surface area contributed by atoms with Crippen LogP contribution in [-0.4, -0.2) is 17.3 Å². The van der Waals surface area contributed by atoms with E-state index in [-0.39, 0.29) is 0 Å². The molecule has 0 N–H and O–H groups in total. The molecule has 1 saturated heterocycles. The summed E-state index contributed by atoms with van der Waals surface area (Å²) in [4.78, 5) is 0. The van der Waals surface area contributed by atoms with Crippen LogP contribution < -0.4 is 0 Å². The Hall–Kier alpha value is 0.350. The summed E-state index contributed by atoms with van der Waals surface area (Å²) in [6, 6.07) is 0. The fourth-order valence-corrected chi connectivity index (χ4v) is 3.43. The van der Waals surface area contributed by atoms with Crippen LogP contribution in [0.15, 0.2) is 0 Å². The van der Waals surface area contributed by atoms with Gasteiger partial charge in [0.1, 0.15) is 11.0 Å². The highest BCUT2D eigenvalue weighted by Crippen LogP contribution is 2.24. The molecule has 0 nitrogen and oxygen atoms in total. The maximum atomic E-state index is 2.40.